The molecule has 1 amide bonds. The molecule has 1 fully saturated rings. The number of hydrogen-bond acceptors (Lipinski definition) is 7. The lowest BCUT2D eigenvalue weighted by Gasteiger charge is -2.22. The minimum Gasteiger partial charge on any atom is -0.447 e. The fourth-order valence-corrected chi connectivity index (χ4v) is 3.68. The van der Waals surface area contributed by atoms with E-state index in [2.05, 4.69) is 25.3 Å². The SMILES string of the molecule is Cc1cc(-c2ccc([C@H](C)Nc3ncnc(N4C(=O)OC[C@@H]4C(C)C)n3)[nH]c2=O)ccc1F. The van der Waals surface area contributed by atoms with Crippen molar-refractivity contribution in [2.24, 2.45) is 5.92 Å². The first-order chi connectivity index (χ1) is 15.7. The van der Waals surface area contributed by atoms with Crippen LogP contribution in [0.3, 0.4) is 0 Å². The fraction of sp³-hybridized carbons (Fsp3) is 0.348. The number of halogens is 1. The molecule has 0 saturated carbocycles. The van der Waals surface area contributed by atoms with E-state index >= 15 is 0 Å². The van der Waals surface area contributed by atoms with Gasteiger partial charge in [0, 0.05) is 11.3 Å². The minimum absolute atomic E-state index is 0.163. The van der Waals surface area contributed by atoms with Crippen molar-refractivity contribution in [2.75, 3.05) is 16.8 Å². The van der Waals surface area contributed by atoms with E-state index in [0.717, 1.165) is 0 Å². The van der Waals surface area contributed by atoms with Crippen LogP contribution in [0, 0.1) is 18.7 Å². The average molecular weight is 452 g/mol. The molecule has 0 unspecified atom stereocenters. The molecular formula is C23H25FN6O3. The quantitative estimate of drug-likeness (QED) is 0.584. The molecule has 0 spiro atoms. The summed E-state index contributed by atoms with van der Waals surface area (Å²) in [5, 5.41) is 3.12. The van der Waals surface area contributed by atoms with Crippen molar-refractivity contribution in [3.05, 3.63) is 64.1 Å². The molecule has 3 aromatic rings. The Bertz CT molecular complexity index is 1240. The van der Waals surface area contributed by atoms with Gasteiger partial charge in [-0.1, -0.05) is 19.9 Å². The van der Waals surface area contributed by atoms with Gasteiger partial charge in [-0.2, -0.15) is 4.98 Å². The van der Waals surface area contributed by atoms with E-state index in [4.69, 9.17) is 4.74 Å². The molecule has 2 atom stereocenters. The highest BCUT2D eigenvalue weighted by Gasteiger charge is 2.38. The third kappa shape index (κ3) is 4.55. The lowest BCUT2D eigenvalue weighted by molar-refractivity contribution is 0.177. The zero-order chi connectivity index (χ0) is 23.7. The summed E-state index contributed by atoms with van der Waals surface area (Å²) in [4.78, 5) is 41.8. The number of benzene rings is 1. The summed E-state index contributed by atoms with van der Waals surface area (Å²) >= 11 is 0. The number of carbonyl (C=O) groups excluding carboxylic acids is 1. The Morgan fingerprint density at radius 3 is 2.67 bits per heavy atom. The van der Waals surface area contributed by atoms with Crippen molar-refractivity contribution in [3.8, 4) is 11.1 Å². The second kappa shape index (κ2) is 8.97. The number of carbonyl (C=O) groups is 1. The number of nitrogens with one attached hydrogen (secondary N) is 2. The molecule has 2 N–H and O–H groups in total. The van der Waals surface area contributed by atoms with E-state index < -0.39 is 6.09 Å². The van der Waals surface area contributed by atoms with E-state index in [1.807, 2.05) is 20.8 Å². The van der Waals surface area contributed by atoms with Crippen LogP contribution in [0.15, 0.2) is 41.5 Å². The Balaban J connectivity index is 1.54. The minimum atomic E-state index is -0.491. The van der Waals surface area contributed by atoms with Gasteiger partial charge in [0.15, 0.2) is 0 Å². The Morgan fingerprint density at radius 1 is 1.18 bits per heavy atom. The number of nitrogens with zero attached hydrogens (tertiary/aromatic N) is 4. The number of cyclic esters (lactones) is 1. The van der Waals surface area contributed by atoms with Crippen LogP contribution < -0.4 is 15.8 Å². The Kier molecular flexibility index (Phi) is 6.08. The molecule has 1 aliphatic heterocycles. The third-order valence-corrected chi connectivity index (χ3v) is 5.66. The van der Waals surface area contributed by atoms with Crippen molar-refractivity contribution >= 4 is 18.0 Å². The van der Waals surface area contributed by atoms with E-state index in [1.54, 1.807) is 31.2 Å². The molecule has 2 aromatic heterocycles. The van der Waals surface area contributed by atoms with Crippen molar-refractivity contribution in [1.29, 1.82) is 0 Å². The maximum absolute atomic E-state index is 13.6. The number of aromatic nitrogens is 4. The molecule has 1 aromatic carbocycles. The van der Waals surface area contributed by atoms with Gasteiger partial charge in [-0.25, -0.2) is 24.1 Å². The smallest absolute Gasteiger partial charge is 0.417 e. The normalized spacial score (nSPS) is 16.7. The van der Waals surface area contributed by atoms with Gasteiger partial charge in [0.2, 0.25) is 11.9 Å². The molecule has 3 heterocycles. The number of aromatic amines is 1. The van der Waals surface area contributed by atoms with Gasteiger partial charge in [-0.05, 0) is 55.2 Å². The number of rotatable bonds is 6. The van der Waals surface area contributed by atoms with Crippen LogP contribution in [-0.2, 0) is 4.74 Å². The van der Waals surface area contributed by atoms with Gasteiger partial charge in [-0.3, -0.25) is 4.79 Å². The van der Waals surface area contributed by atoms with E-state index in [1.165, 1.54) is 17.3 Å². The summed E-state index contributed by atoms with van der Waals surface area (Å²) in [6, 6.07) is 7.54. The highest BCUT2D eigenvalue weighted by atomic mass is 19.1. The fourth-order valence-electron chi connectivity index (χ4n) is 3.68. The molecular weight excluding hydrogens is 427 g/mol. The molecule has 0 bridgehead atoms. The number of pyridine rings is 1. The van der Waals surface area contributed by atoms with Crippen molar-refractivity contribution in [2.45, 2.75) is 39.8 Å². The van der Waals surface area contributed by atoms with Crippen LogP contribution in [0.4, 0.5) is 21.1 Å². The average Bonchev–Trinajstić information content (AvgIpc) is 3.17. The Hall–Kier alpha value is -3.82. The van der Waals surface area contributed by atoms with Crippen LogP contribution in [0.2, 0.25) is 0 Å². The van der Waals surface area contributed by atoms with Crippen LogP contribution in [0.5, 0.6) is 0 Å². The molecule has 172 valence electrons. The van der Waals surface area contributed by atoms with E-state index in [0.29, 0.717) is 22.4 Å². The zero-order valence-corrected chi connectivity index (χ0v) is 18.8. The first-order valence-corrected chi connectivity index (χ1v) is 10.7. The molecule has 1 saturated heterocycles. The van der Waals surface area contributed by atoms with E-state index in [9.17, 15) is 14.0 Å². The second-order valence-corrected chi connectivity index (χ2v) is 8.35. The number of anilines is 2. The van der Waals surface area contributed by atoms with Crippen LogP contribution in [-0.4, -0.2) is 38.7 Å². The van der Waals surface area contributed by atoms with Crippen LogP contribution in [0.25, 0.3) is 11.1 Å². The molecule has 1 aliphatic rings. The summed E-state index contributed by atoms with van der Waals surface area (Å²) in [5.41, 5.74) is 1.89. The van der Waals surface area contributed by atoms with E-state index in [-0.39, 0.29) is 47.9 Å². The van der Waals surface area contributed by atoms with Gasteiger partial charge in [0.25, 0.3) is 5.56 Å². The van der Waals surface area contributed by atoms with Gasteiger partial charge < -0.3 is 15.0 Å². The van der Waals surface area contributed by atoms with Gasteiger partial charge in [0.1, 0.15) is 18.8 Å². The molecule has 0 aliphatic carbocycles. The lowest BCUT2D eigenvalue weighted by Crippen LogP contribution is -2.38. The number of hydrogen-bond donors (Lipinski definition) is 2. The first kappa shape index (κ1) is 22.4. The predicted molar refractivity (Wildman–Crippen MR) is 122 cm³/mol. The van der Waals surface area contributed by atoms with Crippen molar-refractivity contribution < 1.29 is 13.9 Å². The number of aryl methyl sites for hydroxylation is 1. The lowest BCUT2D eigenvalue weighted by atomic mass is 10.0. The summed E-state index contributed by atoms with van der Waals surface area (Å²) in [6.07, 6.45) is 0.832. The highest BCUT2D eigenvalue weighted by molar-refractivity contribution is 5.88. The molecule has 0 radical (unpaired) electrons. The second-order valence-electron chi connectivity index (χ2n) is 8.35. The molecule has 9 nitrogen and oxygen atoms in total. The zero-order valence-electron chi connectivity index (χ0n) is 18.8. The van der Waals surface area contributed by atoms with Gasteiger partial charge in [0.05, 0.1) is 12.1 Å². The Morgan fingerprint density at radius 2 is 1.97 bits per heavy atom. The Labute approximate surface area is 190 Å². The topological polar surface area (TPSA) is 113 Å². The molecule has 33 heavy (non-hydrogen) atoms. The molecule has 10 heteroatoms. The maximum Gasteiger partial charge on any atom is 0.417 e. The monoisotopic (exact) mass is 452 g/mol. The summed E-state index contributed by atoms with van der Waals surface area (Å²) in [7, 11) is 0. The third-order valence-electron chi connectivity index (χ3n) is 5.66. The largest absolute Gasteiger partial charge is 0.447 e. The predicted octanol–water partition coefficient (Wildman–Crippen LogP) is 3.83. The standard InChI is InChI=1S/C23H25FN6O3/c1-12(2)19-10-33-23(32)30(19)22-26-11-25-21(29-22)27-14(4)18-8-6-16(20(31)28-18)15-5-7-17(24)13(3)9-15/h5-9,11-12,14,19H,10H2,1-4H3,(H,28,31)(H,25,26,27,29)/t14-,19+/m0/s1. The molecule has 4 rings (SSSR count). The summed E-state index contributed by atoms with van der Waals surface area (Å²) in [6.45, 7) is 7.77. The summed E-state index contributed by atoms with van der Waals surface area (Å²) < 4.78 is 18.7. The highest BCUT2D eigenvalue weighted by Crippen LogP contribution is 2.25. The van der Waals surface area contributed by atoms with Gasteiger partial charge >= 0.3 is 6.09 Å². The van der Waals surface area contributed by atoms with Crippen LogP contribution >= 0.6 is 0 Å². The number of amides is 1. The van der Waals surface area contributed by atoms with Gasteiger partial charge in [-0.15, -0.1) is 0 Å². The van der Waals surface area contributed by atoms with Crippen molar-refractivity contribution in [3.63, 3.8) is 0 Å². The maximum atomic E-state index is 13.6. The number of ether oxygens (including phenoxy) is 1. The van der Waals surface area contributed by atoms with Crippen LogP contribution in [0.1, 0.15) is 38.1 Å². The number of H-pyrrole nitrogens is 1. The van der Waals surface area contributed by atoms with Crippen molar-refractivity contribution in [1.82, 2.24) is 19.9 Å². The summed E-state index contributed by atoms with van der Waals surface area (Å²) in [5.74, 6) is 0.311. The first-order valence-electron chi connectivity index (χ1n) is 10.7.